The van der Waals surface area contributed by atoms with Gasteiger partial charge in [-0.3, -0.25) is 0 Å². The number of ether oxygens (including phenoxy) is 3. The topological polar surface area (TPSA) is 48.6 Å². The molecule has 0 atom stereocenters. The fraction of sp³-hybridized carbons (Fsp3) is 0.333. The Bertz CT molecular complexity index is 1060. The summed E-state index contributed by atoms with van der Waals surface area (Å²) in [5.41, 5.74) is 4.66. The maximum Gasteiger partial charge on any atom is 0.345 e. The maximum absolute atomic E-state index is 13.0. The van der Waals surface area contributed by atoms with Crippen molar-refractivity contribution in [1.82, 2.24) is 0 Å². The van der Waals surface area contributed by atoms with Crippen LogP contribution in [0.3, 0.4) is 0 Å². The zero-order chi connectivity index (χ0) is 21.1. The van der Waals surface area contributed by atoms with Gasteiger partial charge in [-0.15, -0.1) is 0 Å². The van der Waals surface area contributed by atoms with Crippen LogP contribution >= 0.6 is 0 Å². The van der Waals surface area contributed by atoms with Gasteiger partial charge < -0.3 is 26.6 Å². The molecule has 0 spiro atoms. The third-order valence-corrected chi connectivity index (χ3v) is 5.18. The van der Waals surface area contributed by atoms with Crippen molar-refractivity contribution in [3.05, 3.63) is 58.9 Å². The van der Waals surface area contributed by atoms with Crippen molar-refractivity contribution in [1.29, 1.82) is 0 Å². The third kappa shape index (κ3) is 4.08. The van der Waals surface area contributed by atoms with Crippen LogP contribution in [-0.4, -0.2) is 26.8 Å². The molecule has 0 aliphatic heterocycles. The van der Waals surface area contributed by atoms with Gasteiger partial charge in [0.15, 0.2) is 22.9 Å². The molecule has 0 unspecified atom stereocenters. The number of aromatic nitrogens is 1. The number of esters is 1. The van der Waals surface area contributed by atoms with Crippen molar-refractivity contribution in [3.63, 3.8) is 0 Å². The fourth-order valence-electron chi connectivity index (χ4n) is 3.81. The van der Waals surface area contributed by atoms with Crippen LogP contribution in [0.5, 0.6) is 11.5 Å². The van der Waals surface area contributed by atoms with Crippen molar-refractivity contribution in [3.8, 4) is 17.2 Å². The third-order valence-electron chi connectivity index (χ3n) is 5.18. The molecule has 30 heavy (non-hydrogen) atoms. The summed E-state index contributed by atoms with van der Waals surface area (Å²) in [6, 6.07) is 12.1. The molecule has 0 aliphatic carbocycles. The lowest BCUT2D eigenvalue weighted by Gasteiger charge is -2.16. The highest BCUT2D eigenvalue weighted by Crippen LogP contribution is 2.36. The maximum atomic E-state index is 13.0. The Balaban J connectivity index is 0.00000320. The second kappa shape index (κ2) is 9.81. The molecule has 3 aromatic rings. The lowest BCUT2D eigenvalue weighted by molar-refractivity contribution is -0.609. The predicted octanol–water partition coefficient (Wildman–Crippen LogP) is 1.49. The van der Waals surface area contributed by atoms with Gasteiger partial charge in [-0.25, -0.2) is 4.79 Å². The molecule has 6 heteroatoms. The van der Waals surface area contributed by atoms with Crippen LogP contribution in [-0.2, 0) is 11.2 Å². The molecule has 1 aromatic heterocycles. The molecule has 1 heterocycles. The Morgan fingerprint density at radius 2 is 1.50 bits per heavy atom. The molecule has 0 N–H and O–H groups in total. The van der Waals surface area contributed by atoms with Crippen molar-refractivity contribution < 1.29 is 36.0 Å². The summed E-state index contributed by atoms with van der Waals surface area (Å²) in [5.74, 6) is 0.870. The normalized spacial score (nSPS) is 10.5. The molecule has 0 radical (unpaired) electrons. The van der Waals surface area contributed by atoms with Crippen LogP contribution in [0.1, 0.15) is 41.2 Å². The lowest BCUT2D eigenvalue weighted by Crippen LogP contribution is -3.00. The number of hydrogen-bond acceptors (Lipinski definition) is 4. The highest BCUT2D eigenvalue weighted by molar-refractivity contribution is 6.06. The van der Waals surface area contributed by atoms with E-state index < -0.39 is 0 Å². The smallest absolute Gasteiger partial charge is 0.345 e. The van der Waals surface area contributed by atoms with E-state index in [-0.39, 0.29) is 18.4 Å². The molecule has 0 saturated heterocycles. The Morgan fingerprint density at radius 1 is 0.933 bits per heavy atom. The van der Waals surface area contributed by atoms with E-state index in [1.165, 1.54) is 5.56 Å². The van der Waals surface area contributed by atoms with Gasteiger partial charge in [-0.05, 0) is 26.0 Å². The summed E-state index contributed by atoms with van der Waals surface area (Å²) in [5, 5.41) is 1.75. The van der Waals surface area contributed by atoms with Crippen LogP contribution in [0.4, 0.5) is 0 Å². The number of carbonyl (C=O) groups is 1. The van der Waals surface area contributed by atoms with E-state index >= 15 is 0 Å². The average molecular weight is 430 g/mol. The van der Waals surface area contributed by atoms with Crippen LogP contribution in [0.25, 0.3) is 16.5 Å². The van der Waals surface area contributed by atoms with Gasteiger partial charge in [0.25, 0.3) is 0 Å². The second-order valence-corrected chi connectivity index (χ2v) is 6.90. The van der Waals surface area contributed by atoms with Crippen LogP contribution in [0.2, 0.25) is 0 Å². The van der Waals surface area contributed by atoms with Crippen molar-refractivity contribution in [2.75, 3.05) is 20.8 Å². The van der Waals surface area contributed by atoms with E-state index in [1.54, 1.807) is 14.2 Å². The molecule has 0 fully saturated rings. The Hall–Kier alpha value is -2.79. The minimum Gasteiger partial charge on any atom is -1.00 e. The molecule has 0 bridgehead atoms. The molecule has 2 aromatic carbocycles. The van der Waals surface area contributed by atoms with Gasteiger partial charge in [0, 0.05) is 30.9 Å². The Morgan fingerprint density at radius 3 is 2.00 bits per heavy atom. The zero-order valence-corrected chi connectivity index (χ0v) is 19.1. The minimum atomic E-state index is -0.342. The lowest BCUT2D eigenvalue weighted by atomic mass is 9.98. The second-order valence-electron chi connectivity index (χ2n) is 6.90. The summed E-state index contributed by atoms with van der Waals surface area (Å²) in [4.78, 5) is 13.0. The minimum absolute atomic E-state index is 0. The standard InChI is InChI=1S/C24H28NO4.ClH/c1-7-20-18-13-21(27-5)22(28-6)14-19(18)23(24(26)29-8-2)16(4)25(20)17-11-9-15(3)10-12-17;/h9-14H,7-8H2,1-6H3;1H/q+1;/p-1. The van der Waals surface area contributed by atoms with E-state index in [0.717, 1.165) is 34.3 Å². The Kier molecular flexibility index (Phi) is 7.68. The van der Waals surface area contributed by atoms with Gasteiger partial charge in [-0.2, -0.15) is 4.57 Å². The van der Waals surface area contributed by atoms with E-state index in [4.69, 9.17) is 14.2 Å². The SMILES string of the molecule is CCOC(=O)c1c(C)[n+](-c2ccc(C)cc2)c(CC)c2cc(OC)c(OC)cc12.[Cl-]. The number of benzene rings is 2. The first kappa shape index (κ1) is 23.5. The first-order valence-corrected chi connectivity index (χ1v) is 9.84. The molecule has 0 amide bonds. The largest absolute Gasteiger partial charge is 1.00 e. The molecule has 0 aliphatic rings. The highest BCUT2D eigenvalue weighted by atomic mass is 35.5. The summed E-state index contributed by atoms with van der Waals surface area (Å²) < 4.78 is 18.6. The van der Waals surface area contributed by atoms with E-state index in [2.05, 4.69) is 42.7 Å². The van der Waals surface area contributed by atoms with Crippen LogP contribution in [0.15, 0.2) is 36.4 Å². The molecule has 160 valence electrons. The Labute approximate surface area is 184 Å². The first-order valence-electron chi connectivity index (χ1n) is 9.84. The number of halogens is 1. The summed E-state index contributed by atoms with van der Waals surface area (Å²) in [7, 11) is 3.21. The van der Waals surface area contributed by atoms with Gasteiger partial charge >= 0.3 is 5.97 Å². The number of rotatable bonds is 6. The number of nitrogens with zero attached hydrogens (tertiary/aromatic N) is 1. The quantitative estimate of drug-likeness (QED) is 0.440. The van der Waals surface area contributed by atoms with Gasteiger partial charge in [0.2, 0.25) is 5.69 Å². The molecular weight excluding hydrogens is 402 g/mol. The van der Waals surface area contributed by atoms with Crippen molar-refractivity contribution in [2.24, 2.45) is 0 Å². The van der Waals surface area contributed by atoms with E-state index in [0.29, 0.717) is 23.7 Å². The van der Waals surface area contributed by atoms with Crippen LogP contribution < -0.4 is 26.4 Å². The number of fused-ring (bicyclic) bond motifs is 1. The number of carbonyl (C=O) groups excluding carboxylic acids is 1. The van der Waals surface area contributed by atoms with Gasteiger partial charge in [-0.1, -0.05) is 24.6 Å². The van der Waals surface area contributed by atoms with Gasteiger partial charge in [0.05, 0.1) is 26.2 Å². The van der Waals surface area contributed by atoms with E-state index in [1.807, 2.05) is 26.0 Å². The number of pyridine rings is 1. The predicted molar refractivity (Wildman–Crippen MR) is 113 cm³/mol. The average Bonchev–Trinajstić information content (AvgIpc) is 2.72. The fourth-order valence-corrected chi connectivity index (χ4v) is 3.81. The van der Waals surface area contributed by atoms with Gasteiger partial charge in [0.1, 0.15) is 5.56 Å². The molecule has 5 nitrogen and oxygen atoms in total. The molecule has 0 saturated carbocycles. The highest BCUT2D eigenvalue weighted by Gasteiger charge is 2.30. The van der Waals surface area contributed by atoms with Crippen LogP contribution in [0, 0.1) is 13.8 Å². The summed E-state index contributed by atoms with van der Waals surface area (Å²) in [6.45, 7) is 8.26. The summed E-state index contributed by atoms with van der Waals surface area (Å²) in [6.07, 6.45) is 0.782. The number of aryl methyl sites for hydroxylation is 2. The molecule has 3 rings (SSSR count). The first-order chi connectivity index (χ1) is 14.0. The van der Waals surface area contributed by atoms with E-state index in [9.17, 15) is 4.79 Å². The number of methoxy groups -OCH3 is 2. The molecular formula is C24H28ClNO4. The summed E-state index contributed by atoms with van der Waals surface area (Å²) >= 11 is 0. The van der Waals surface area contributed by atoms with Crippen molar-refractivity contribution in [2.45, 2.75) is 34.1 Å². The zero-order valence-electron chi connectivity index (χ0n) is 18.3. The van der Waals surface area contributed by atoms with Crippen molar-refractivity contribution >= 4 is 16.7 Å². The monoisotopic (exact) mass is 429 g/mol. The number of hydrogen-bond donors (Lipinski definition) is 0.